The Morgan fingerprint density at radius 1 is 1.21 bits per heavy atom. The van der Waals surface area contributed by atoms with E-state index in [0.29, 0.717) is 11.4 Å². The highest BCUT2D eigenvalue weighted by molar-refractivity contribution is 7.90. The smallest absolute Gasteiger partial charge is 0.410 e. The Kier molecular flexibility index (Phi) is 5.64. The van der Waals surface area contributed by atoms with Gasteiger partial charge in [0.15, 0.2) is 0 Å². The number of hydrogen-bond donors (Lipinski definition) is 1. The van der Waals surface area contributed by atoms with Gasteiger partial charge in [-0.05, 0) is 57.2 Å². The molecule has 3 atom stereocenters. The Bertz CT molecular complexity index is 863. The van der Waals surface area contributed by atoms with E-state index in [0.717, 1.165) is 5.56 Å². The molecular weight excluding hydrogens is 404 g/mol. The molecule has 154 valence electrons. The van der Waals surface area contributed by atoms with Gasteiger partial charge in [-0.25, -0.2) is 13.2 Å². The number of halogens is 1. The molecule has 1 heterocycles. The molecule has 0 radical (unpaired) electrons. The molecule has 2 amide bonds. The number of hydrogen-bond acceptors (Lipinski definition) is 5. The highest BCUT2D eigenvalue weighted by atomic mass is 35.5. The van der Waals surface area contributed by atoms with Crippen LogP contribution >= 0.6 is 11.6 Å². The number of rotatable bonds is 4. The molecule has 1 saturated carbocycles. The summed E-state index contributed by atoms with van der Waals surface area (Å²) in [4.78, 5) is 25.9. The summed E-state index contributed by atoms with van der Waals surface area (Å²) in [6.45, 7) is 5.56. The molecule has 3 rings (SSSR count). The summed E-state index contributed by atoms with van der Waals surface area (Å²) in [5.41, 5.74) is 0.323. The van der Waals surface area contributed by atoms with E-state index in [1.165, 1.54) is 4.90 Å². The van der Waals surface area contributed by atoms with Crippen LogP contribution in [0, 0.1) is 5.92 Å². The Morgan fingerprint density at radius 2 is 1.86 bits per heavy atom. The normalized spacial score (nSPS) is 24.7. The molecule has 1 aromatic rings. The Hall–Kier alpha value is -1.80. The predicted octanol–water partition coefficient (Wildman–Crippen LogP) is 2.90. The van der Waals surface area contributed by atoms with Gasteiger partial charge in [0.2, 0.25) is 15.9 Å². The fraction of sp³-hybridized carbons (Fsp3) is 0.579. The average Bonchev–Trinajstić information content (AvgIpc) is 3.20. The first-order chi connectivity index (χ1) is 13.0. The number of sulfonamides is 1. The molecule has 28 heavy (non-hydrogen) atoms. The van der Waals surface area contributed by atoms with Crippen molar-refractivity contribution < 1.29 is 22.7 Å². The molecule has 1 N–H and O–H groups in total. The van der Waals surface area contributed by atoms with Crippen molar-refractivity contribution in [3.63, 3.8) is 0 Å². The largest absolute Gasteiger partial charge is 0.444 e. The average molecular weight is 429 g/mol. The van der Waals surface area contributed by atoms with E-state index >= 15 is 0 Å². The van der Waals surface area contributed by atoms with Gasteiger partial charge in [0.05, 0.1) is 5.25 Å². The molecule has 3 unspecified atom stereocenters. The van der Waals surface area contributed by atoms with E-state index in [4.69, 9.17) is 16.3 Å². The van der Waals surface area contributed by atoms with Crippen LogP contribution in [0.15, 0.2) is 24.3 Å². The van der Waals surface area contributed by atoms with Crippen molar-refractivity contribution in [2.75, 3.05) is 13.1 Å². The molecule has 0 spiro atoms. The van der Waals surface area contributed by atoms with Gasteiger partial charge in [-0.15, -0.1) is 0 Å². The highest BCUT2D eigenvalue weighted by Crippen LogP contribution is 2.47. The van der Waals surface area contributed by atoms with Crippen LogP contribution in [0.5, 0.6) is 0 Å². The van der Waals surface area contributed by atoms with E-state index in [1.54, 1.807) is 32.9 Å². The molecular formula is C19H25ClN2O5S. The second-order valence-electron chi connectivity index (χ2n) is 8.35. The lowest BCUT2D eigenvalue weighted by Crippen LogP contribution is -2.42. The van der Waals surface area contributed by atoms with Crippen LogP contribution in [0.1, 0.15) is 45.1 Å². The number of nitrogens with zero attached hydrogens (tertiary/aromatic N) is 1. The lowest BCUT2D eigenvalue weighted by Gasteiger charge is -2.24. The molecule has 1 aliphatic heterocycles. The number of carbonyl (C=O) groups excluding carboxylic acids is 2. The quantitative estimate of drug-likeness (QED) is 0.795. The Morgan fingerprint density at radius 3 is 2.46 bits per heavy atom. The van der Waals surface area contributed by atoms with Crippen molar-refractivity contribution in [2.24, 2.45) is 5.92 Å². The van der Waals surface area contributed by atoms with Crippen LogP contribution in [0.4, 0.5) is 4.79 Å². The zero-order valence-electron chi connectivity index (χ0n) is 16.1. The molecule has 1 aromatic carbocycles. The van der Waals surface area contributed by atoms with E-state index in [1.807, 2.05) is 12.1 Å². The maximum Gasteiger partial charge on any atom is 0.410 e. The number of nitrogens with one attached hydrogen (secondary N) is 1. The fourth-order valence-corrected chi connectivity index (χ4v) is 4.85. The van der Waals surface area contributed by atoms with Crippen molar-refractivity contribution >= 4 is 33.6 Å². The van der Waals surface area contributed by atoms with Crippen LogP contribution in [-0.4, -0.2) is 49.3 Å². The SMILES string of the molecule is CC(C)(C)OC(=O)N1CCC(S(=O)(=O)NC(=O)C2CC2c2ccc(Cl)cc2)C1. The summed E-state index contributed by atoms with van der Waals surface area (Å²) >= 11 is 5.87. The first-order valence-corrected chi connectivity index (χ1v) is 11.2. The second-order valence-corrected chi connectivity index (χ2v) is 10.7. The van der Waals surface area contributed by atoms with Crippen molar-refractivity contribution in [3.8, 4) is 0 Å². The van der Waals surface area contributed by atoms with Crippen LogP contribution in [0.25, 0.3) is 0 Å². The number of carbonyl (C=O) groups is 2. The third-order valence-corrected chi connectivity index (χ3v) is 6.90. The fourth-order valence-electron chi connectivity index (χ4n) is 3.34. The minimum atomic E-state index is -3.86. The van der Waals surface area contributed by atoms with Crippen molar-refractivity contribution in [1.82, 2.24) is 9.62 Å². The van der Waals surface area contributed by atoms with Gasteiger partial charge in [-0.2, -0.15) is 0 Å². The summed E-state index contributed by atoms with van der Waals surface area (Å²) in [5, 5.41) is -0.208. The molecule has 0 aromatic heterocycles. The molecule has 1 aliphatic carbocycles. The van der Waals surface area contributed by atoms with Gasteiger partial charge < -0.3 is 9.64 Å². The van der Waals surface area contributed by atoms with Gasteiger partial charge in [0.25, 0.3) is 0 Å². The third kappa shape index (κ3) is 4.97. The van der Waals surface area contributed by atoms with Crippen LogP contribution in [0.2, 0.25) is 5.02 Å². The Labute approximate surface area is 170 Å². The number of ether oxygens (including phenoxy) is 1. The van der Waals surface area contributed by atoms with Gasteiger partial charge in [-0.3, -0.25) is 9.52 Å². The lowest BCUT2D eigenvalue weighted by atomic mass is 10.1. The number of benzene rings is 1. The van der Waals surface area contributed by atoms with Crippen LogP contribution in [-0.2, 0) is 19.6 Å². The summed E-state index contributed by atoms with van der Waals surface area (Å²) in [6, 6.07) is 7.21. The topological polar surface area (TPSA) is 92.8 Å². The summed E-state index contributed by atoms with van der Waals surface area (Å²) in [6.07, 6.45) is 0.340. The van der Waals surface area contributed by atoms with Gasteiger partial charge >= 0.3 is 6.09 Å². The van der Waals surface area contributed by atoms with E-state index in [-0.39, 0.29) is 31.3 Å². The minimum Gasteiger partial charge on any atom is -0.444 e. The number of likely N-dealkylation sites (tertiary alicyclic amines) is 1. The van der Waals surface area contributed by atoms with E-state index in [9.17, 15) is 18.0 Å². The Balaban J connectivity index is 1.55. The molecule has 1 saturated heterocycles. The van der Waals surface area contributed by atoms with Gasteiger partial charge in [-0.1, -0.05) is 23.7 Å². The van der Waals surface area contributed by atoms with Crippen LogP contribution < -0.4 is 4.72 Å². The van der Waals surface area contributed by atoms with E-state index < -0.39 is 32.9 Å². The highest BCUT2D eigenvalue weighted by Gasteiger charge is 2.46. The zero-order chi connectivity index (χ0) is 20.7. The maximum atomic E-state index is 12.6. The molecule has 7 nitrogen and oxygen atoms in total. The van der Waals surface area contributed by atoms with Crippen molar-refractivity contribution in [3.05, 3.63) is 34.9 Å². The van der Waals surface area contributed by atoms with E-state index in [2.05, 4.69) is 4.72 Å². The second kappa shape index (κ2) is 7.55. The molecule has 2 fully saturated rings. The minimum absolute atomic E-state index is 0.00862. The number of amides is 2. The molecule has 0 bridgehead atoms. The standard InChI is InChI=1S/C19H25ClN2O5S/c1-19(2,3)27-18(24)22-9-8-14(11-22)28(25,26)21-17(23)16-10-15(16)12-4-6-13(20)7-5-12/h4-7,14-16H,8-11H2,1-3H3,(H,21,23). The maximum absolute atomic E-state index is 12.6. The van der Waals surface area contributed by atoms with Gasteiger partial charge in [0.1, 0.15) is 5.60 Å². The van der Waals surface area contributed by atoms with Crippen LogP contribution in [0.3, 0.4) is 0 Å². The first-order valence-electron chi connectivity index (χ1n) is 9.25. The zero-order valence-corrected chi connectivity index (χ0v) is 17.7. The van der Waals surface area contributed by atoms with Gasteiger partial charge in [0, 0.05) is 24.0 Å². The molecule has 9 heteroatoms. The first kappa shape index (κ1) is 20.9. The predicted molar refractivity (Wildman–Crippen MR) is 106 cm³/mol. The monoisotopic (exact) mass is 428 g/mol. The van der Waals surface area contributed by atoms with Crippen molar-refractivity contribution in [2.45, 2.75) is 50.4 Å². The van der Waals surface area contributed by atoms with Crippen molar-refractivity contribution in [1.29, 1.82) is 0 Å². The summed E-state index contributed by atoms with van der Waals surface area (Å²) < 4.78 is 32.7. The summed E-state index contributed by atoms with van der Waals surface area (Å²) in [5.74, 6) is -0.843. The summed E-state index contributed by atoms with van der Waals surface area (Å²) in [7, 11) is -3.86. The lowest BCUT2D eigenvalue weighted by molar-refractivity contribution is -0.120. The molecule has 2 aliphatic rings. The third-order valence-electron chi connectivity index (χ3n) is 4.90.